The zero-order valence-corrected chi connectivity index (χ0v) is 24.0. The van der Waals surface area contributed by atoms with Crippen LogP contribution in [-0.2, 0) is 14.3 Å². The maximum atomic E-state index is 13.6. The number of esters is 1. The number of methoxy groups -OCH3 is 1. The molecule has 5 aromatic rings. The third kappa shape index (κ3) is 6.00. The first-order chi connectivity index (χ1) is 21.0. The zero-order chi connectivity index (χ0) is 29.8. The minimum Gasteiger partial charge on any atom is -0.469 e. The van der Waals surface area contributed by atoms with Crippen molar-refractivity contribution < 1.29 is 14.3 Å². The van der Waals surface area contributed by atoms with Crippen molar-refractivity contribution in [3.8, 4) is 28.2 Å². The van der Waals surface area contributed by atoms with Crippen LogP contribution in [0.4, 0.5) is 0 Å². The molecule has 214 valence electrons. The molecule has 8 heteroatoms. The van der Waals surface area contributed by atoms with E-state index in [1.54, 1.807) is 11.2 Å². The average Bonchev–Trinajstić information content (AvgIpc) is 3.70. The lowest BCUT2D eigenvalue weighted by molar-refractivity contribution is -0.143. The Morgan fingerprint density at radius 1 is 0.860 bits per heavy atom. The molecule has 1 aliphatic heterocycles. The van der Waals surface area contributed by atoms with E-state index in [2.05, 4.69) is 10.4 Å². The fourth-order valence-corrected chi connectivity index (χ4v) is 5.08. The van der Waals surface area contributed by atoms with E-state index in [4.69, 9.17) is 9.84 Å². The first kappa shape index (κ1) is 27.8. The van der Waals surface area contributed by atoms with Crippen LogP contribution in [0.15, 0.2) is 116 Å². The largest absolute Gasteiger partial charge is 0.469 e. The fourth-order valence-electron chi connectivity index (χ4n) is 5.08. The average molecular weight is 570 g/mol. The summed E-state index contributed by atoms with van der Waals surface area (Å²) in [6, 6.07) is 31.7. The molecule has 3 aromatic carbocycles. The normalized spacial score (nSPS) is 14.4. The summed E-state index contributed by atoms with van der Waals surface area (Å²) >= 11 is 0. The number of nitrogens with one attached hydrogen (secondary N) is 1. The molecule has 3 heterocycles. The Labute approximate surface area is 250 Å². The summed E-state index contributed by atoms with van der Waals surface area (Å²) < 4.78 is 6.62. The molecule has 1 atom stereocenters. The van der Waals surface area contributed by atoms with Gasteiger partial charge in [0.05, 0.1) is 36.7 Å². The number of hydrogen-bond donors (Lipinski definition) is 1. The number of carbonyl (C=O) groups excluding carboxylic acids is 2. The van der Waals surface area contributed by atoms with Crippen LogP contribution in [0.3, 0.4) is 0 Å². The van der Waals surface area contributed by atoms with Crippen molar-refractivity contribution in [2.45, 2.75) is 25.8 Å². The zero-order valence-electron chi connectivity index (χ0n) is 24.0. The van der Waals surface area contributed by atoms with E-state index in [9.17, 15) is 9.59 Å². The molecule has 43 heavy (non-hydrogen) atoms. The number of hydrazine groups is 1. The second-order valence-corrected chi connectivity index (χ2v) is 10.3. The van der Waals surface area contributed by atoms with Gasteiger partial charge in [-0.25, -0.2) is 15.1 Å². The highest BCUT2D eigenvalue weighted by molar-refractivity contribution is 5.92. The summed E-state index contributed by atoms with van der Waals surface area (Å²) in [5.74, 6) is -0.677. The minimum absolute atomic E-state index is 0.00493. The lowest BCUT2D eigenvalue weighted by Crippen LogP contribution is -2.38. The summed E-state index contributed by atoms with van der Waals surface area (Å²) in [6.07, 6.45) is 5.74. The summed E-state index contributed by atoms with van der Waals surface area (Å²) in [5.41, 5.74) is 11.4. The Balaban J connectivity index is 1.42. The molecule has 1 aliphatic rings. The lowest BCUT2D eigenvalue weighted by atomic mass is 10.0. The van der Waals surface area contributed by atoms with E-state index in [0.29, 0.717) is 5.70 Å². The molecule has 0 fully saturated rings. The monoisotopic (exact) mass is 569 g/mol. The molecule has 1 amide bonds. The smallest absolute Gasteiger partial charge is 0.306 e. The van der Waals surface area contributed by atoms with Crippen LogP contribution in [-0.4, -0.2) is 38.8 Å². The maximum Gasteiger partial charge on any atom is 0.306 e. The number of aryl methyl sites for hydroxylation is 1. The second kappa shape index (κ2) is 12.3. The van der Waals surface area contributed by atoms with Crippen molar-refractivity contribution in [2.24, 2.45) is 0 Å². The Kier molecular flexibility index (Phi) is 7.93. The Morgan fingerprint density at radius 2 is 1.58 bits per heavy atom. The number of hydrogen-bond acceptors (Lipinski definition) is 6. The number of ether oxygens (including phenoxy) is 1. The standard InChI is InChI=1S/C35H31N5O3/c1-24-11-13-27(14-12-24)35-29(23-39(38-35)28-8-4-3-5-9-28)32-22-31(37-40(32)33(41)19-20-34(42)43-2)26-17-15-25(16-18-26)30-10-6-7-21-36-30/h3-18,21-23,31,37H,19-20H2,1-2H3. The predicted molar refractivity (Wildman–Crippen MR) is 165 cm³/mol. The van der Waals surface area contributed by atoms with Crippen molar-refractivity contribution in [3.63, 3.8) is 0 Å². The van der Waals surface area contributed by atoms with E-state index >= 15 is 0 Å². The number of nitrogens with zero attached hydrogens (tertiary/aromatic N) is 4. The summed E-state index contributed by atoms with van der Waals surface area (Å²) in [5, 5.41) is 6.52. The molecule has 1 N–H and O–H groups in total. The fraction of sp³-hybridized carbons (Fsp3) is 0.143. The predicted octanol–water partition coefficient (Wildman–Crippen LogP) is 6.29. The van der Waals surface area contributed by atoms with E-state index in [1.807, 2.05) is 121 Å². The third-order valence-corrected chi connectivity index (χ3v) is 7.42. The molecule has 0 bridgehead atoms. The van der Waals surface area contributed by atoms with Crippen molar-refractivity contribution in [3.05, 3.63) is 132 Å². The number of benzene rings is 3. The van der Waals surface area contributed by atoms with Gasteiger partial charge in [0, 0.05) is 35.5 Å². The van der Waals surface area contributed by atoms with Gasteiger partial charge in [0.2, 0.25) is 5.91 Å². The number of rotatable bonds is 8. The molecule has 8 nitrogen and oxygen atoms in total. The van der Waals surface area contributed by atoms with E-state index in [0.717, 1.165) is 44.9 Å². The molecule has 0 saturated carbocycles. The second-order valence-electron chi connectivity index (χ2n) is 10.3. The molecule has 0 spiro atoms. The van der Waals surface area contributed by atoms with Crippen LogP contribution in [0, 0.1) is 6.92 Å². The van der Waals surface area contributed by atoms with Crippen LogP contribution in [0.2, 0.25) is 0 Å². The summed E-state index contributed by atoms with van der Waals surface area (Å²) in [4.78, 5) is 30.0. The van der Waals surface area contributed by atoms with Crippen LogP contribution in [0.1, 0.15) is 35.6 Å². The number of aromatic nitrogens is 3. The SMILES string of the molecule is COC(=O)CCC(=O)N1NC(c2ccc(-c3ccccn3)cc2)C=C1c1cn(-c2ccccc2)nc1-c1ccc(C)cc1. The van der Waals surface area contributed by atoms with Gasteiger partial charge < -0.3 is 4.74 Å². The van der Waals surface area contributed by atoms with E-state index in [-0.39, 0.29) is 24.8 Å². The van der Waals surface area contributed by atoms with Gasteiger partial charge in [0.15, 0.2) is 0 Å². The van der Waals surface area contributed by atoms with Crippen LogP contribution >= 0.6 is 0 Å². The maximum absolute atomic E-state index is 13.6. The van der Waals surface area contributed by atoms with E-state index in [1.165, 1.54) is 7.11 Å². The Bertz CT molecular complexity index is 1760. The Hall–Kier alpha value is -5.34. The molecule has 0 saturated heterocycles. The van der Waals surface area contributed by atoms with Crippen LogP contribution < -0.4 is 5.43 Å². The van der Waals surface area contributed by atoms with Gasteiger partial charge in [-0.1, -0.05) is 78.4 Å². The van der Waals surface area contributed by atoms with Gasteiger partial charge in [0.1, 0.15) is 5.69 Å². The van der Waals surface area contributed by atoms with Crippen LogP contribution in [0.25, 0.3) is 33.9 Å². The molecule has 1 unspecified atom stereocenters. The van der Waals surface area contributed by atoms with E-state index < -0.39 is 5.97 Å². The molecule has 0 radical (unpaired) electrons. The van der Waals surface area contributed by atoms with Crippen molar-refractivity contribution in [1.29, 1.82) is 0 Å². The van der Waals surface area contributed by atoms with Gasteiger partial charge in [-0.2, -0.15) is 5.10 Å². The van der Waals surface area contributed by atoms with Gasteiger partial charge in [-0.3, -0.25) is 14.6 Å². The van der Waals surface area contributed by atoms with Gasteiger partial charge >= 0.3 is 5.97 Å². The summed E-state index contributed by atoms with van der Waals surface area (Å²) in [7, 11) is 1.32. The van der Waals surface area contributed by atoms with Gasteiger partial charge in [0.25, 0.3) is 0 Å². The Morgan fingerprint density at radius 3 is 2.28 bits per heavy atom. The van der Waals surface area contributed by atoms with Crippen molar-refractivity contribution >= 4 is 17.6 Å². The van der Waals surface area contributed by atoms with Gasteiger partial charge in [-0.05, 0) is 42.8 Å². The van der Waals surface area contributed by atoms with Crippen molar-refractivity contribution in [2.75, 3.05) is 7.11 Å². The quantitative estimate of drug-likeness (QED) is 0.221. The highest BCUT2D eigenvalue weighted by Crippen LogP contribution is 2.37. The van der Waals surface area contributed by atoms with Crippen LogP contribution in [0.5, 0.6) is 0 Å². The lowest BCUT2D eigenvalue weighted by Gasteiger charge is -2.22. The highest BCUT2D eigenvalue weighted by Gasteiger charge is 2.32. The molecule has 0 aliphatic carbocycles. The molecule has 6 rings (SSSR count). The molecular weight excluding hydrogens is 538 g/mol. The van der Waals surface area contributed by atoms with Gasteiger partial charge in [-0.15, -0.1) is 0 Å². The summed E-state index contributed by atoms with van der Waals surface area (Å²) in [6.45, 7) is 2.04. The minimum atomic E-state index is -0.433. The molecular formula is C35H31N5O3. The number of para-hydroxylation sites is 1. The number of amides is 1. The topological polar surface area (TPSA) is 89.4 Å². The number of carbonyl (C=O) groups is 2. The highest BCUT2D eigenvalue weighted by atomic mass is 16.5. The van der Waals surface area contributed by atoms with Crippen molar-refractivity contribution in [1.82, 2.24) is 25.2 Å². The molecule has 2 aromatic heterocycles. The first-order valence-electron chi connectivity index (χ1n) is 14.1. The number of pyridine rings is 1. The first-order valence-corrected chi connectivity index (χ1v) is 14.1. The third-order valence-electron chi connectivity index (χ3n) is 7.42.